The van der Waals surface area contributed by atoms with Gasteiger partial charge in [0.25, 0.3) is 0 Å². The molecule has 0 spiro atoms. The first-order valence-corrected chi connectivity index (χ1v) is 5.73. The Morgan fingerprint density at radius 3 is 2.59 bits per heavy atom. The van der Waals surface area contributed by atoms with Crippen LogP contribution >= 0.6 is 11.6 Å². The zero-order chi connectivity index (χ0) is 12.4. The van der Waals surface area contributed by atoms with Crippen LogP contribution < -0.4 is 5.32 Å². The number of hydrogen-bond acceptors (Lipinski definition) is 4. The number of nitrogens with one attached hydrogen (secondary N) is 1. The van der Waals surface area contributed by atoms with Crippen LogP contribution in [0.4, 0.5) is 5.69 Å². The van der Waals surface area contributed by atoms with E-state index in [1.165, 1.54) is 0 Å². The predicted molar refractivity (Wildman–Crippen MR) is 67.3 cm³/mol. The Balaban J connectivity index is 2.14. The number of benzene rings is 1. The number of nitrogens with zero attached hydrogens (tertiary/aromatic N) is 2. The van der Waals surface area contributed by atoms with Crippen molar-refractivity contribution in [3.63, 3.8) is 0 Å². The summed E-state index contributed by atoms with van der Waals surface area (Å²) in [5.74, 6) is 1.12. The van der Waals surface area contributed by atoms with Crippen LogP contribution in [0.3, 0.4) is 0 Å². The van der Waals surface area contributed by atoms with Crippen LogP contribution in [0.2, 0.25) is 5.02 Å². The van der Waals surface area contributed by atoms with Crippen LogP contribution in [0, 0.1) is 20.8 Å². The number of hydrogen-bond donors (Lipinski definition) is 1. The number of halogens is 1. The summed E-state index contributed by atoms with van der Waals surface area (Å²) in [4.78, 5) is 0. The highest BCUT2D eigenvalue weighted by molar-refractivity contribution is 6.33. The van der Waals surface area contributed by atoms with E-state index < -0.39 is 0 Å². The number of rotatable bonds is 3. The number of anilines is 1. The van der Waals surface area contributed by atoms with E-state index in [-0.39, 0.29) is 0 Å². The van der Waals surface area contributed by atoms with Crippen LogP contribution in [0.1, 0.15) is 22.9 Å². The molecule has 0 aliphatic heterocycles. The fourth-order valence-electron chi connectivity index (χ4n) is 1.71. The van der Waals surface area contributed by atoms with Gasteiger partial charge in [-0.3, -0.25) is 0 Å². The van der Waals surface area contributed by atoms with Crippen molar-refractivity contribution in [1.82, 2.24) is 10.2 Å². The molecule has 1 aromatic carbocycles. The lowest BCUT2D eigenvalue weighted by molar-refractivity contribution is 0.475. The zero-order valence-electron chi connectivity index (χ0n) is 10.0. The summed E-state index contributed by atoms with van der Waals surface area (Å²) in [5.41, 5.74) is 3.16. The second kappa shape index (κ2) is 4.75. The predicted octanol–water partition coefficient (Wildman–Crippen LogP) is 3.26. The van der Waals surface area contributed by atoms with Crippen molar-refractivity contribution < 1.29 is 4.42 Å². The summed E-state index contributed by atoms with van der Waals surface area (Å²) in [7, 11) is 0. The molecular weight excluding hydrogens is 238 g/mol. The fraction of sp³-hybridized carbons (Fsp3) is 0.333. The van der Waals surface area contributed by atoms with Gasteiger partial charge in [-0.1, -0.05) is 17.7 Å². The molecule has 2 aromatic rings. The Morgan fingerprint density at radius 1 is 1.24 bits per heavy atom. The molecule has 0 atom stereocenters. The maximum atomic E-state index is 6.18. The molecule has 2 rings (SSSR count). The summed E-state index contributed by atoms with van der Waals surface area (Å²) < 4.78 is 5.28. The Labute approximate surface area is 105 Å². The van der Waals surface area contributed by atoms with E-state index in [0.29, 0.717) is 23.3 Å². The molecule has 1 aromatic heterocycles. The molecule has 0 saturated carbocycles. The normalized spacial score (nSPS) is 10.6. The average Bonchev–Trinajstić information content (AvgIpc) is 2.62. The maximum absolute atomic E-state index is 6.18. The van der Waals surface area contributed by atoms with Gasteiger partial charge < -0.3 is 9.73 Å². The van der Waals surface area contributed by atoms with Crippen molar-refractivity contribution in [3.05, 3.63) is 40.1 Å². The molecule has 0 radical (unpaired) electrons. The molecule has 0 aliphatic rings. The van der Waals surface area contributed by atoms with Crippen LogP contribution in [0.5, 0.6) is 0 Å². The van der Waals surface area contributed by atoms with Crippen LogP contribution in [-0.2, 0) is 6.54 Å². The van der Waals surface area contributed by atoms with Gasteiger partial charge in [0.1, 0.15) is 0 Å². The first-order chi connectivity index (χ1) is 8.06. The molecule has 0 fully saturated rings. The fourth-order valence-corrected chi connectivity index (χ4v) is 2.10. The molecular formula is C12H14ClN3O. The van der Waals surface area contributed by atoms with E-state index >= 15 is 0 Å². The van der Waals surface area contributed by atoms with E-state index in [9.17, 15) is 0 Å². The second-order valence-electron chi connectivity index (χ2n) is 4.01. The summed E-state index contributed by atoms with van der Waals surface area (Å²) in [6.45, 7) is 6.27. The Bertz CT molecular complexity index is 513. The minimum absolute atomic E-state index is 0.477. The first-order valence-electron chi connectivity index (χ1n) is 5.36. The van der Waals surface area contributed by atoms with Crippen molar-refractivity contribution >= 4 is 17.3 Å². The Kier molecular flexibility index (Phi) is 3.33. The largest absolute Gasteiger partial charge is 0.424 e. The lowest BCUT2D eigenvalue weighted by Crippen LogP contribution is -2.02. The molecule has 0 amide bonds. The standard InChI is InChI=1S/C12H14ClN3O/c1-7-4-8(2)12(10(13)5-7)14-6-11-16-15-9(3)17-11/h4-5,14H,6H2,1-3H3. The summed E-state index contributed by atoms with van der Waals surface area (Å²) in [6.07, 6.45) is 0. The summed E-state index contributed by atoms with van der Waals surface area (Å²) in [6, 6.07) is 4.00. The van der Waals surface area contributed by atoms with Gasteiger partial charge in [0.05, 0.1) is 17.3 Å². The van der Waals surface area contributed by atoms with Gasteiger partial charge in [-0.2, -0.15) is 0 Å². The van der Waals surface area contributed by atoms with Gasteiger partial charge in [0, 0.05) is 6.92 Å². The summed E-state index contributed by atoms with van der Waals surface area (Å²) in [5, 5.41) is 11.6. The van der Waals surface area contributed by atoms with Crippen LogP contribution in [0.25, 0.3) is 0 Å². The van der Waals surface area contributed by atoms with Crippen molar-refractivity contribution in [2.75, 3.05) is 5.32 Å². The molecule has 1 heterocycles. The van der Waals surface area contributed by atoms with E-state index in [0.717, 1.165) is 16.8 Å². The van der Waals surface area contributed by atoms with Crippen molar-refractivity contribution in [2.24, 2.45) is 0 Å². The molecule has 17 heavy (non-hydrogen) atoms. The highest BCUT2D eigenvalue weighted by Gasteiger charge is 2.07. The van der Waals surface area contributed by atoms with Crippen molar-refractivity contribution in [2.45, 2.75) is 27.3 Å². The smallest absolute Gasteiger partial charge is 0.235 e. The third kappa shape index (κ3) is 2.77. The number of aryl methyl sites for hydroxylation is 3. The monoisotopic (exact) mass is 251 g/mol. The van der Waals surface area contributed by atoms with E-state index in [1.54, 1.807) is 6.92 Å². The average molecular weight is 252 g/mol. The van der Waals surface area contributed by atoms with Gasteiger partial charge in [-0.15, -0.1) is 10.2 Å². The van der Waals surface area contributed by atoms with Gasteiger partial charge in [-0.05, 0) is 31.0 Å². The maximum Gasteiger partial charge on any atom is 0.235 e. The Hall–Kier alpha value is -1.55. The van der Waals surface area contributed by atoms with E-state index in [1.807, 2.05) is 19.9 Å². The second-order valence-corrected chi connectivity index (χ2v) is 4.41. The lowest BCUT2D eigenvalue weighted by atomic mass is 10.1. The molecule has 0 bridgehead atoms. The van der Waals surface area contributed by atoms with Crippen molar-refractivity contribution in [3.8, 4) is 0 Å². The SMILES string of the molecule is Cc1cc(C)c(NCc2nnc(C)o2)c(Cl)c1. The van der Waals surface area contributed by atoms with Gasteiger partial charge in [0.2, 0.25) is 11.8 Å². The quantitative estimate of drug-likeness (QED) is 0.910. The van der Waals surface area contributed by atoms with Crippen LogP contribution in [-0.4, -0.2) is 10.2 Å². The molecule has 90 valence electrons. The zero-order valence-corrected chi connectivity index (χ0v) is 10.8. The lowest BCUT2D eigenvalue weighted by Gasteiger charge is -2.10. The van der Waals surface area contributed by atoms with E-state index in [4.69, 9.17) is 16.0 Å². The minimum atomic E-state index is 0.477. The van der Waals surface area contributed by atoms with Gasteiger partial charge in [0.15, 0.2) is 0 Å². The van der Waals surface area contributed by atoms with Gasteiger partial charge in [-0.25, -0.2) is 0 Å². The highest BCUT2D eigenvalue weighted by Crippen LogP contribution is 2.27. The molecule has 1 N–H and O–H groups in total. The molecule has 0 unspecified atom stereocenters. The van der Waals surface area contributed by atoms with Gasteiger partial charge >= 0.3 is 0 Å². The Morgan fingerprint density at radius 2 is 2.00 bits per heavy atom. The van der Waals surface area contributed by atoms with E-state index in [2.05, 4.69) is 21.6 Å². The third-order valence-corrected chi connectivity index (χ3v) is 2.71. The molecule has 0 saturated heterocycles. The summed E-state index contributed by atoms with van der Waals surface area (Å²) >= 11 is 6.18. The van der Waals surface area contributed by atoms with Crippen molar-refractivity contribution in [1.29, 1.82) is 0 Å². The number of aromatic nitrogens is 2. The molecule has 4 nitrogen and oxygen atoms in total. The third-order valence-electron chi connectivity index (χ3n) is 2.42. The molecule has 5 heteroatoms. The van der Waals surface area contributed by atoms with Crippen LogP contribution in [0.15, 0.2) is 16.5 Å². The minimum Gasteiger partial charge on any atom is -0.424 e. The molecule has 0 aliphatic carbocycles. The topological polar surface area (TPSA) is 51.0 Å². The highest BCUT2D eigenvalue weighted by atomic mass is 35.5. The first kappa shape index (κ1) is 11.9.